The highest BCUT2D eigenvalue weighted by Crippen LogP contribution is 2.50. The van der Waals surface area contributed by atoms with Gasteiger partial charge in [-0.1, -0.05) is 41.1 Å². The Morgan fingerprint density at radius 1 is 1.25 bits per heavy atom. The number of nitrogens with one attached hydrogen (secondary N) is 1. The largest absolute Gasteiger partial charge is 0.549 e. The van der Waals surface area contributed by atoms with Gasteiger partial charge in [0, 0.05) is 34.0 Å². The lowest BCUT2D eigenvalue weighted by atomic mass is 9.62. The summed E-state index contributed by atoms with van der Waals surface area (Å²) in [6, 6.07) is 10.2. The first kappa shape index (κ1) is 23.8. The standard InChI is InChI=1S/C23H19BrF4N2O2/c1-12-22(2,21(31)32)20(16-8-7-15(25)10-18(16)23(26,27)28)17(11-29)19(30-12)9-13-3-5-14(24)6-4-13/h3-8,10,12,20,30H,9H2,1-2H3,(H,31,32)/p-1. The second kappa shape index (κ2) is 8.58. The van der Waals surface area contributed by atoms with E-state index >= 15 is 0 Å². The molecular weight excluding hydrogens is 492 g/mol. The van der Waals surface area contributed by atoms with Crippen LogP contribution in [0.3, 0.4) is 0 Å². The summed E-state index contributed by atoms with van der Waals surface area (Å²) in [6.07, 6.45) is -4.78. The molecule has 0 saturated carbocycles. The number of hydrogen-bond donors (Lipinski definition) is 1. The Morgan fingerprint density at radius 3 is 2.41 bits per heavy atom. The fourth-order valence-electron chi connectivity index (χ4n) is 4.10. The average molecular weight is 510 g/mol. The van der Waals surface area contributed by atoms with Crippen LogP contribution in [0.4, 0.5) is 17.6 Å². The van der Waals surface area contributed by atoms with Crippen molar-refractivity contribution < 1.29 is 27.5 Å². The van der Waals surface area contributed by atoms with Gasteiger partial charge in [0.2, 0.25) is 0 Å². The Morgan fingerprint density at radius 2 is 1.88 bits per heavy atom. The smallest absolute Gasteiger partial charge is 0.416 e. The number of benzene rings is 2. The molecule has 0 aromatic heterocycles. The molecule has 32 heavy (non-hydrogen) atoms. The van der Waals surface area contributed by atoms with E-state index in [1.807, 2.05) is 6.07 Å². The minimum Gasteiger partial charge on any atom is -0.549 e. The van der Waals surface area contributed by atoms with Gasteiger partial charge in [-0.3, -0.25) is 0 Å². The molecule has 9 heteroatoms. The van der Waals surface area contributed by atoms with E-state index < -0.39 is 46.5 Å². The number of carbonyl (C=O) groups is 1. The van der Waals surface area contributed by atoms with Crippen LogP contribution in [0, 0.1) is 22.6 Å². The number of nitriles is 1. The number of allylic oxidation sites excluding steroid dienone is 2. The maximum Gasteiger partial charge on any atom is 0.416 e. The van der Waals surface area contributed by atoms with Crippen LogP contribution in [0.15, 0.2) is 58.2 Å². The van der Waals surface area contributed by atoms with Crippen molar-refractivity contribution in [3.8, 4) is 6.07 Å². The van der Waals surface area contributed by atoms with Crippen LogP contribution in [0.1, 0.15) is 36.5 Å². The van der Waals surface area contributed by atoms with Gasteiger partial charge in [-0.15, -0.1) is 0 Å². The molecule has 0 aliphatic carbocycles. The molecule has 0 fully saturated rings. The minimum atomic E-state index is -4.95. The summed E-state index contributed by atoms with van der Waals surface area (Å²) in [5.41, 5.74) is -2.80. The molecule has 1 heterocycles. The zero-order chi connectivity index (χ0) is 23.8. The highest BCUT2D eigenvalue weighted by atomic mass is 79.9. The molecule has 168 valence electrons. The third kappa shape index (κ3) is 4.24. The number of nitrogens with zero attached hydrogens (tertiary/aromatic N) is 1. The Balaban J connectivity index is 2.28. The molecule has 1 aliphatic heterocycles. The predicted octanol–water partition coefficient (Wildman–Crippen LogP) is 4.46. The summed E-state index contributed by atoms with van der Waals surface area (Å²) >= 11 is 3.32. The summed E-state index contributed by atoms with van der Waals surface area (Å²) in [7, 11) is 0. The number of carbonyl (C=O) groups excluding carboxylic acids is 1. The van der Waals surface area contributed by atoms with E-state index in [1.54, 1.807) is 24.3 Å². The van der Waals surface area contributed by atoms with Gasteiger partial charge in [0.25, 0.3) is 0 Å². The molecule has 1 aliphatic rings. The van der Waals surface area contributed by atoms with E-state index in [4.69, 9.17) is 0 Å². The molecule has 0 amide bonds. The Bertz CT molecular complexity index is 1120. The van der Waals surface area contributed by atoms with E-state index in [9.17, 15) is 32.7 Å². The summed E-state index contributed by atoms with van der Waals surface area (Å²) in [4.78, 5) is 12.2. The Hall–Kier alpha value is -2.86. The van der Waals surface area contributed by atoms with E-state index in [0.717, 1.165) is 22.2 Å². The van der Waals surface area contributed by atoms with Crippen molar-refractivity contribution in [2.45, 2.75) is 38.4 Å². The van der Waals surface area contributed by atoms with Crippen LogP contribution in [0.25, 0.3) is 0 Å². The van der Waals surface area contributed by atoms with Crippen LogP contribution in [0.2, 0.25) is 0 Å². The van der Waals surface area contributed by atoms with Gasteiger partial charge in [-0.25, -0.2) is 4.39 Å². The highest BCUT2D eigenvalue weighted by molar-refractivity contribution is 9.10. The van der Waals surface area contributed by atoms with Crippen molar-refractivity contribution in [3.63, 3.8) is 0 Å². The van der Waals surface area contributed by atoms with Crippen molar-refractivity contribution in [3.05, 3.63) is 80.7 Å². The Kier molecular flexibility index (Phi) is 6.38. The molecule has 4 nitrogen and oxygen atoms in total. The van der Waals surface area contributed by atoms with Crippen molar-refractivity contribution in [1.29, 1.82) is 5.26 Å². The summed E-state index contributed by atoms with van der Waals surface area (Å²) in [6.45, 7) is 2.75. The normalized spacial score (nSPS) is 23.4. The fraction of sp³-hybridized carbons (Fsp3) is 0.304. The lowest BCUT2D eigenvalue weighted by Gasteiger charge is -2.48. The van der Waals surface area contributed by atoms with Crippen LogP contribution in [0.5, 0.6) is 0 Å². The number of rotatable bonds is 4. The molecule has 2 aromatic rings. The molecule has 1 N–H and O–H groups in total. The van der Waals surface area contributed by atoms with E-state index in [1.165, 1.54) is 13.8 Å². The first-order chi connectivity index (χ1) is 14.9. The van der Waals surface area contributed by atoms with Gasteiger partial charge in [0.1, 0.15) is 5.82 Å². The lowest BCUT2D eigenvalue weighted by Crippen LogP contribution is -2.58. The maximum atomic E-state index is 13.8. The maximum absolute atomic E-state index is 13.8. The molecule has 0 radical (unpaired) electrons. The highest BCUT2D eigenvalue weighted by Gasteiger charge is 2.50. The zero-order valence-corrected chi connectivity index (χ0v) is 18.6. The second-order valence-corrected chi connectivity index (χ2v) is 8.82. The molecule has 0 bridgehead atoms. The quantitative estimate of drug-likeness (QED) is 0.617. The molecule has 3 atom stereocenters. The van der Waals surface area contributed by atoms with Gasteiger partial charge in [0.05, 0.1) is 23.2 Å². The number of carboxylic acids is 1. The van der Waals surface area contributed by atoms with E-state index in [2.05, 4.69) is 21.2 Å². The predicted molar refractivity (Wildman–Crippen MR) is 110 cm³/mol. The third-order valence-electron chi connectivity index (χ3n) is 5.99. The molecular formula is C23H18BrF4N2O2-. The zero-order valence-electron chi connectivity index (χ0n) is 17.1. The number of hydrogen-bond acceptors (Lipinski definition) is 4. The molecule has 0 saturated heterocycles. The van der Waals surface area contributed by atoms with Gasteiger partial charge < -0.3 is 15.2 Å². The first-order valence-corrected chi connectivity index (χ1v) is 10.4. The SMILES string of the molecule is CC1NC(Cc2ccc(Br)cc2)=C(C#N)C(c2ccc(F)cc2C(F)(F)F)C1(C)C(=O)[O-]. The van der Waals surface area contributed by atoms with Gasteiger partial charge in [0.15, 0.2) is 0 Å². The third-order valence-corrected chi connectivity index (χ3v) is 6.52. The fourth-order valence-corrected chi connectivity index (χ4v) is 4.36. The van der Waals surface area contributed by atoms with E-state index in [0.29, 0.717) is 11.8 Å². The van der Waals surface area contributed by atoms with Gasteiger partial charge in [-0.2, -0.15) is 18.4 Å². The number of alkyl halides is 3. The topological polar surface area (TPSA) is 76.0 Å². The number of carboxylic acid groups (broad SMARTS) is 1. The Labute approximate surface area is 190 Å². The minimum absolute atomic E-state index is 0.158. The second-order valence-electron chi connectivity index (χ2n) is 7.91. The van der Waals surface area contributed by atoms with Crippen LogP contribution in [-0.2, 0) is 17.4 Å². The molecule has 0 spiro atoms. The van der Waals surface area contributed by atoms with E-state index in [-0.39, 0.29) is 12.0 Å². The van der Waals surface area contributed by atoms with Gasteiger partial charge in [-0.05, 0) is 42.3 Å². The summed E-state index contributed by atoms with van der Waals surface area (Å²) in [5.74, 6) is -4.23. The summed E-state index contributed by atoms with van der Waals surface area (Å²) < 4.78 is 55.9. The van der Waals surface area contributed by atoms with Crippen molar-refractivity contribution in [2.75, 3.05) is 0 Å². The lowest BCUT2D eigenvalue weighted by molar-refractivity contribution is -0.320. The molecule has 3 rings (SSSR count). The van der Waals surface area contributed by atoms with Crippen molar-refractivity contribution in [1.82, 2.24) is 5.32 Å². The number of aliphatic carboxylic acids is 1. The first-order valence-electron chi connectivity index (χ1n) is 9.61. The van der Waals surface area contributed by atoms with Crippen LogP contribution < -0.4 is 10.4 Å². The van der Waals surface area contributed by atoms with Crippen molar-refractivity contribution >= 4 is 21.9 Å². The van der Waals surface area contributed by atoms with Gasteiger partial charge >= 0.3 is 6.18 Å². The monoisotopic (exact) mass is 509 g/mol. The number of halogens is 5. The summed E-state index contributed by atoms with van der Waals surface area (Å²) in [5, 5.41) is 25.1. The van der Waals surface area contributed by atoms with Crippen LogP contribution >= 0.6 is 15.9 Å². The average Bonchev–Trinajstić information content (AvgIpc) is 2.71. The molecule has 2 aromatic carbocycles. The van der Waals surface area contributed by atoms with Crippen LogP contribution in [-0.4, -0.2) is 12.0 Å². The molecule has 3 unspecified atom stereocenters. The van der Waals surface area contributed by atoms with Crippen molar-refractivity contribution in [2.24, 2.45) is 5.41 Å².